The van der Waals surface area contributed by atoms with E-state index in [9.17, 15) is 9.59 Å². The zero-order valence-electron chi connectivity index (χ0n) is 17.3. The van der Waals surface area contributed by atoms with E-state index in [4.69, 9.17) is 9.15 Å². The summed E-state index contributed by atoms with van der Waals surface area (Å²) in [7, 11) is 1.66. The molecule has 158 valence electrons. The van der Waals surface area contributed by atoms with Gasteiger partial charge >= 0.3 is 0 Å². The first-order valence-electron chi connectivity index (χ1n) is 10.1. The Hall–Kier alpha value is -4.39. The fourth-order valence-electron chi connectivity index (χ4n) is 3.49. The van der Waals surface area contributed by atoms with Gasteiger partial charge in [-0.3, -0.25) is 14.2 Å². The third-order valence-electron chi connectivity index (χ3n) is 5.23. The highest BCUT2D eigenvalue weighted by atomic mass is 16.5. The average molecular weight is 425 g/mol. The summed E-state index contributed by atoms with van der Waals surface area (Å²) in [6.45, 7) is -0.155. The van der Waals surface area contributed by atoms with Crippen molar-refractivity contribution in [1.29, 1.82) is 0 Å². The Labute approximate surface area is 183 Å². The lowest BCUT2D eigenvalue weighted by atomic mass is 10.2. The molecule has 5 aromatic rings. The minimum atomic E-state index is -0.389. The first-order valence-corrected chi connectivity index (χ1v) is 10.1. The molecule has 7 nitrogen and oxygen atoms in total. The van der Waals surface area contributed by atoms with E-state index in [1.807, 2.05) is 48.5 Å². The monoisotopic (exact) mass is 425 g/mol. The van der Waals surface area contributed by atoms with Crippen LogP contribution in [0.4, 0.5) is 5.69 Å². The van der Waals surface area contributed by atoms with E-state index in [1.54, 1.807) is 37.4 Å². The molecule has 0 aliphatic rings. The van der Waals surface area contributed by atoms with Gasteiger partial charge in [0.1, 0.15) is 29.1 Å². The number of carbonyl (C=O) groups excluding carboxylic acids is 1. The summed E-state index contributed by atoms with van der Waals surface area (Å²) < 4.78 is 12.7. The van der Waals surface area contributed by atoms with E-state index in [2.05, 4.69) is 4.98 Å². The fraction of sp³-hybridized carbons (Fsp3) is 0.0800. The summed E-state index contributed by atoms with van der Waals surface area (Å²) in [5.74, 6) is 1.13. The highest BCUT2D eigenvalue weighted by molar-refractivity contribution is 6.01. The number of aromatic nitrogens is 2. The van der Waals surface area contributed by atoms with Crippen molar-refractivity contribution < 1.29 is 13.9 Å². The van der Waals surface area contributed by atoms with Crippen LogP contribution in [0.15, 0.2) is 94.4 Å². The summed E-state index contributed by atoms with van der Waals surface area (Å²) >= 11 is 0. The molecular weight excluding hydrogens is 406 g/mol. The van der Waals surface area contributed by atoms with Crippen LogP contribution in [0.5, 0.6) is 11.5 Å². The van der Waals surface area contributed by atoms with Crippen LogP contribution in [-0.2, 0) is 11.3 Å². The van der Waals surface area contributed by atoms with Crippen molar-refractivity contribution in [3.05, 3.63) is 95.5 Å². The second kappa shape index (κ2) is 8.03. The van der Waals surface area contributed by atoms with Crippen LogP contribution >= 0.6 is 0 Å². The van der Waals surface area contributed by atoms with Gasteiger partial charge in [0.15, 0.2) is 0 Å². The smallest absolute Gasteiger partial charge is 0.297 e. The Balaban J connectivity index is 1.34. The molecule has 0 aliphatic heterocycles. The van der Waals surface area contributed by atoms with Gasteiger partial charge in [0.25, 0.3) is 5.56 Å². The first-order chi connectivity index (χ1) is 15.6. The summed E-state index contributed by atoms with van der Waals surface area (Å²) in [4.78, 5) is 31.5. The zero-order chi connectivity index (χ0) is 22.1. The lowest BCUT2D eigenvalue weighted by Gasteiger charge is -2.18. The number of fused-ring (bicyclic) bond motifs is 3. The molecule has 0 spiro atoms. The van der Waals surface area contributed by atoms with Gasteiger partial charge in [0.05, 0.1) is 6.33 Å². The maximum Gasteiger partial charge on any atom is 0.297 e. The lowest BCUT2D eigenvalue weighted by Crippen LogP contribution is -2.33. The second-order valence-corrected chi connectivity index (χ2v) is 7.32. The molecule has 0 saturated carbocycles. The first kappa shape index (κ1) is 19.6. The van der Waals surface area contributed by atoms with Crippen molar-refractivity contribution in [2.45, 2.75) is 6.54 Å². The van der Waals surface area contributed by atoms with E-state index in [1.165, 1.54) is 15.8 Å². The molecule has 0 radical (unpaired) electrons. The highest BCUT2D eigenvalue weighted by Crippen LogP contribution is 2.25. The van der Waals surface area contributed by atoms with Gasteiger partial charge < -0.3 is 14.1 Å². The number of nitrogens with zero attached hydrogens (tertiary/aromatic N) is 3. The maximum absolute atomic E-state index is 12.9. The molecule has 2 heterocycles. The van der Waals surface area contributed by atoms with Gasteiger partial charge in [-0.05, 0) is 48.5 Å². The van der Waals surface area contributed by atoms with Crippen LogP contribution < -0.4 is 15.2 Å². The number of rotatable bonds is 5. The summed E-state index contributed by atoms with van der Waals surface area (Å²) in [5, 5.41) is 0.771. The summed E-state index contributed by atoms with van der Waals surface area (Å²) in [6, 6.07) is 23.9. The molecule has 1 amide bonds. The van der Waals surface area contributed by atoms with Crippen LogP contribution in [0.1, 0.15) is 0 Å². The SMILES string of the molecule is CN(C(=O)Cn1cnc2c(oc3ccccc32)c1=O)c1ccc(Oc2ccccc2)cc1. The number of likely N-dealkylation sites (N-methyl/N-ethyl adjacent to an activating group) is 1. The number of para-hydroxylation sites is 2. The zero-order valence-corrected chi connectivity index (χ0v) is 17.3. The number of amides is 1. The van der Waals surface area contributed by atoms with Crippen LogP contribution in [0, 0.1) is 0 Å². The Morgan fingerprint density at radius 2 is 1.66 bits per heavy atom. The normalized spacial score (nSPS) is 11.0. The molecule has 0 aliphatic carbocycles. The number of anilines is 1. The summed E-state index contributed by atoms with van der Waals surface area (Å²) in [5.41, 5.74) is 1.52. The van der Waals surface area contributed by atoms with Gasteiger partial charge in [-0.25, -0.2) is 4.98 Å². The van der Waals surface area contributed by atoms with Crippen molar-refractivity contribution in [3.8, 4) is 11.5 Å². The molecule has 0 atom stereocenters. The molecule has 0 N–H and O–H groups in total. The number of furan rings is 1. The summed E-state index contributed by atoms with van der Waals surface area (Å²) in [6.07, 6.45) is 1.38. The number of hydrogen-bond donors (Lipinski definition) is 0. The highest BCUT2D eigenvalue weighted by Gasteiger charge is 2.17. The Morgan fingerprint density at radius 3 is 2.44 bits per heavy atom. The number of benzene rings is 3. The van der Waals surface area contributed by atoms with E-state index in [0.717, 1.165) is 11.1 Å². The standard InChI is InChI=1S/C25H19N3O4/c1-27(17-11-13-19(14-12-17)31-18-7-3-2-4-8-18)22(29)15-28-16-26-23-20-9-5-6-10-21(20)32-24(23)25(28)30/h2-14,16H,15H2,1H3. The van der Waals surface area contributed by atoms with Crippen LogP contribution in [0.3, 0.4) is 0 Å². The Morgan fingerprint density at radius 1 is 0.969 bits per heavy atom. The average Bonchev–Trinajstić information content (AvgIpc) is 3.21. The lowest BCUT2D eigenvalue weighted by molar-refractivity contribution is -0.118. The van der Waals surface area contributed by atoms with Crippen LogP contribution in [0.2, 0.25) is 0 Å². The largest absolute Gasteiger partial charge is 0.457 e. The van der Waals surface area contributed by atoms with E-state index in [0.29, 0.717) is 22.5 Å². The third-order valence-corrected chi connectivity index (χ3v) is 5.23. The Kier molecular flexibility index (Phi) is 4.91. The molecule has 7 heteroatoms. The van der Waals surface area contributed by atoms with Gasteiger partial charge in [0, 0.05) is 18.1 Å². The van der Waals surface area contributed by atoms with Crippen molar-refractivity contribution in [2.75, 3.05) is 11.9 Å². The molecular formula is C25H19N3O4. The van der Waals surface area contributed by atoms with Crippen molar-refractivity contribution >= 4 is 33.7 Å². The molecule has 3 aromatic carbocycles. The molecule has 0 unspecified atom stereocenters. The number of carbonyl (C=O) groups is 1. The molecule has 0 fully saturated rings. The minimum absolute atomic E-state index is 0.145. The van der Waals surface area contributed by atoms with Crippen molar-refractivity contribution in [1.82, 2.24) is 9.55 Å². The fourth-order valence-corrected chi connectivity index (χ4v) is 3.49. The van der Waals surface area contributed by atoms with Crippen molar-refractivity contribution in [2.24, 2.45) is 0 Å². The Bertz CT molecular complexity index is 1470. The van der Waals surface area contributed by atoms with E-state index < -0.39 is 0 Å². The van der Waals surface area contributed by atoms with Gasteiger partial charge in [-0.1, -0.05) is 30.3 Å². The predicted octanol–water partition coefficient (Wildman–Crippen LogP) is 4.60. The van der Waals surface area contributed by atoms with Crippen LogP contribution in [-0.4, -0.2) is 22.5 Å². The second-order valence-electron chi connectivity index (χ2n) is 7.32. The molecule has 0 bridgehead atoms. The van der Waals surface area contributed by atoms with E-state index in [-0.39, 0.29) is 23.6 Å². The molecule has 2 aromatic heterocycles. The van der Waals surface area contributed by atoms with Gasteiger partial charge in [-0.15, -0.1) is 0 Å². The quantitative estimate of drug-likeness (QED) is 0.411. The van der Waals surface area contributed by atoms with Gasteiger partial charge in [-0.2, -0.15) is 0 Å². The van der Waals surface area contributed by atoms with Gasteiger partial charge in [0.2, 0.25) is 11.5 Å². The topological polar surface area (TPSA) is 77.6 Å². The maximum atomic E-state index is 12.9. The van der Waals surface area contributed by atoms with E-state index >= 15 is 0 Å². The minimum Gasteiger partial charge on any atom is -0.457 e. The third kappa shape index (κ3) is 3.60. The molecule has 32 heavy (non-hydrogen) atoms. The predicted molar refractivity (Wildman–Crippen MR) is 122 cm³/mol. The molecule has 5 rings (SSSR count). The van der Waals surface area contributed by atoms with Crippen LogP contribution in [0.25, 0.3) is 22.1 Å². The molecule has 0 saturated heterocycles. The van der Waals surface area contributed by atoms with Crippen molar-refractivity contribution in [3.63, 3.8) is 0 Å². The number of hydrogen-bond acceptors (Lipinski definition) is 5. The number of ether oxygens (including phenoxy) is 1.